The number of methoxy groups -OCH3 is 1. The Bertz CT molecular complexity index is 1380. The van der Waals surface area contributed by atoms with Crippen LogP contribution in [0.25, 0.3) is 10.9 Å². The first-order valence-corrected chi connectivity index (χ1v) is 12.2. The molecular weight excluding hydrogens is 454 g/mol. The van der Waals surface area contributed by atoms with Gasteiger partial charge in [0, 0.05) is 46.6 Å². The van der Waals surface area contributed by atoms with Crippen LogP contribution in [0.15, 0.2) is 60.9 Å². The van der Waals surface area contributed by atoms with Crippen molar-refractivity contribution in [3.8, 4) is 5.75 Å². The number of nitrogens with two attached hydrogens (primary N) is 2. The highest BCUT2D eigenvalue weighted by molar-refractivity contribution is 5.98. The Morgan fingerprint density at radius 2 is 2.00 bits per heavy atom. The number of amides is 1. The van der Waals surface area contributed by atoms with Crippen LogP contribution < -0.4 is 26.8 Å². The van der Waals surface area contributed by atoms with Gasteiger partial charge in [0.25, 0.3) is 5.91 Å². The van der Waals surface area contributed by atoms with Crippen molar-refractivity contribution >= 4 is 34.3 Å². The molecule has 1 amide bonds. The minimum atomic E-state index is -0.595. The van der Waals surface area contributed by atoms with Crippen LogP contribution in [0.3, 0.4) is 0 Å². The lowest BCUT2D eigenvalue weighted by Gasteiger charge is -2.29. The molecule has 1 saturated carbocycles. The predicted octanol–water partition coefficient (Wildman–Crippen LogP) is 4.01. The number of anilines is 3. The van der Waals surface area contributed by atoms with Crippen molar-refractivity contribution in [2.24, 2.45) is 11.5 Å². The van der Waals surface area contributed by atoms with Crippen LogP contribution in [0.5, 0.6) is 5.75 Å². The van der Waals surface area contributed by atoms with Crippen LogP contribution in [0.1, 0.15) is 41.6 Å². The molecule has 2 heterocycles. The summed E-state index contributed by atoms with van der Waals surface area (Å²) >= 11 is 0. The molecule has 0 aliphatic heterocycles. The third kappa shape index (κ3) is 4.96. The van der Waals surface area contributed by atoms with Gasteiger partial charge in [0.15, 0.2) is 0 Å². The lowest BCUT2D eigenvalue weighted by Crippen LogP contribution is -2.43. The number of nitrogens with zero attached hydrogens (tertiary/aromatic N) is 3. The number of hydrogen-bond acceptors (Lipinski definition) is 7. The van der Waals surface area contributed by atoms with Crippen LogP contribution in [-0.2, 0) is 6.54 Å². The quantitative estimate of drug-likeness (QED) is 0.296. The molecule has 1 aliphatic rings. The smallest absolute Gasteiger partial charge is 0.254 e. The Balaban J connectivity index is 1.39. The van der Waals surface area contributed by atoms with Crippen molar-refractivity contribution in [1.29, 1.82) is 0 Å². The van der Waals surface area contributed by atoms with E-state index in [1.165, 1.54) is 6.20 Å². The molecule has 5 rings (SSSR count). The second-order valence-electron chi connectivity index (χ2n) is 9.17. The van der Waals surface area contributed by atoms with Gasteiger partial charge in [-0.25, -0.2) is 4.98 Å². The molecule has 0 unspecified atom stereocenters. The van der Waals surface area contributed by atoms with Crippen LogP contribution >= 0.6 is 0 Å². The lowest BCUT2D eigenvalue weighted by molar-refractivity contribution is 0.100. The highest BCUT2D eigenvalue weighted by atomic mass is 16.5. The summed E-state index contributed by atoms with van der Waals surface area (Å²) in [4.78, 5) is 20.9. The maximum atomic E-state index is 12.1. The fourth-order valence-electron chi connectivity index (χ4n) is 4.80. The number of rotatable bonds is 8. The second-order valence-corrected chi connectivity index (χ2v) is 9.17. The summed E-state index contributed by atoms with van der Waals surface area (Å²) in [6.07, 6.45) is 7.70. The maximum absolute atomic E-state index is 12.1. The van der Waals surface area contributed by atoms with Crippen molar-refractivity contribution in [3.05, 3.63) is 72.1 Å². The first kappa shape index (κ1) is 23.6. The monoisotopic (exact) mass is 485 g/mol. The van der Waals surface area contributed by atoms with Crippen molar-refractivity contribution in [2.75, 3.05) is 17.7 Å². The molecule has 0 saturated heterocycles. The van der Waals surface area contributed by atoms with Gasteiger partial charge in [-0.3, -0.25) is 4.79 Å². The molecular formula is C27H31N7O2. The second kappa shape index (κ2) is 10.2. The predicted molar refractivity (Wildman–Crippen MR) is 142 cm³/mol. The van der Waals surface area contributed by atoms with E-state index in [0.717, 1.165) is 53.6 Å². The van der Waals surface area contributed by atoms with Gasteiger partial charge in [-0.15, -0.1) is 0 Å². The summed E-state index contributed by atoms with van der Waals surface area (Å²) in [7, 11) is 1.68. The van der Waals surface area contributed by atoms with Crippen molar-refractivity contribution in [2.45, 2.75) is 44.3 Å². The Morgan fingerprint density at radius 3 is 2.81 bits per heavy atom. The molecule has 1 aliphatic carbocycles. The summed E-state index contributed by atoms with van der Waals surface area (Å²) in [6, 6.07) is 16.2. The lowest BCUT2D eigenvalue weighted by atomic mass is 9.91. The van der Waals surface area contributed by atoms with Gasteiger partial charge in [-0.05, 0) is 43.2 Å². The molecule has 4 aromatic rings. The fourth-order valence-corrected chi connectivity index (χ4v) is 4.80. The molecule has 9 heteroatoms. The third-order valence-electron chi connectivity index (χ3n) is 6.76. The van der Waals surface area contributed by atoms with E-state index in [1.807, 2.05) is 36.4 Å². The Hall–Kier alpha value is -4.11. The summed E-state index contributed by atoms with van der Waals surface area (Å²) in [5.74, 6) is 1.05. The molecule has 186 valence electrons. The Kier molecular flexibility index (Phi) is 6.73. The van der Waals surface area contributed by atoms with E-state index >= 15 is 0 Å². The first-order valence-electron chi connectivity index (χ1n) is 12.2. The normalized spacial score (nSPS) is 17.6. The van der Waals surface area contributed by atoms with E-state index in [2.05, 4.69) is 43.5 Å². The zero-order valence-corrected chi connectivity index (χ0v) is 20.3. The number of aromatic nitrogens is 3. The topological polar surface area (TPSA) is 133 Å². The SMILES string of the molecule is COc1ccccc1Cn1ccc2cc(Nc3nc(N[C@@H]4CCCC[C@@H]4N)ncc3C(N)=O)ccc21. The summed E-state index contributed by atoms with van der Waals surface area (Å²) in [6.45, 7) is 0.691. The molecule has 2 aromatic heterocycles. The summed E-state index contributed by atoms with van der Waals surface area (Å²) in [5, 5.41) is 7.65. The van der Waals surface area contributed by atoms with Crippen molar-refractivity contribution in [1.82, 2.24) is 14.5 Å². The van der Waals surface area contributed by atoms with Crippen molar-refractivity contribution < 1.29 is 9.53 Å². The zero-order chi connectivity index (χ0) is 25.1. The van der Waals surface area contributed by atoms with Gasteiger partial charge in [0.2, 0.25) is 5.95 Å². The number of ether oxygens (including phenoxy) is 1. The minimum absolute atomic E-state index is 0.0527. The largest absolute Gasteiger partial charge is 0.496 e. The molecule has 6 N–H and O–H groups in total. The highest BCUT2D eigenvalue weighted by Gasteiger charge is 2.23. The minimum Gasteiger partial charge on any atom is -0.496 e. The van der Waals surface area contributed by atoms with Gasteiger partial charge < -0.3 is 31.4 Å². The average Bonchev–Trinajstić information content (AvgIpc) is 3.27. The first-order chi connectivity index (χ1) is 17.5. The van der Waals surface area contributed by atoms with E-state index in [4.69, 9.17) is 16.2 Å². The van der Waals surface area contributed by atoms with Crippen LogP contribution in [0, 0.1) is 0 Å². The van der Waals surface area contributed by atoms with Gasteiger partial charge in [-0.1, -0.05) is 31.0 Å². The number of carbonyl (C=O) groups excluding carboxylic acids is 1. The molecule has 2 atom stereocenters. The fraction of sp³-hybridized carbons (Fsp3) is 0.296. The van der Waals surface area contributed by atoms with E-state index in [-0.39, 0.29) is 17.6 Å². The maximum Gasteiger partial charge on any atom is 0.254 e. The van der Waals surface area contributed by atoms with Crippen LogP contribution in [0.4, 0.5) is 17.5 Å². The van der Waals surface area contributed by atoms with Gasteiger partial charge in [-0.2, -0.15) is 4.98 Å². The molecule has 9 nitrogen and oxygen atoms in total. The van der Waals surface area contributed by atoms with E-state index in [1.54, 1.807) is 7.11 Å². The molecule has 0 spiro atoms. The molecule has 36 heavy (non-hydrogen) atoms. The molecule has 2 aromatic carbocycles. The standard InChI is InChI=1S/C27H31N7O2/c1-36-24-9-5-2-6-18(24)16-34-13-12-17-14-19(10-11-23(17)34)31-26-20(25(29)35)15-30-27(33-26)32-22-8-4-3-7-21(22)28/h2,5-6,9-15,21-22H,3-4,7-8,16,28H2,1H3,(H2,29,35)(H2,30,31,32,33)/t21-,22+/m0/s1. The third-order valence-corrected chi connectivity index (χ3v) is 6.76. The van der Waals surface area contributed by atoms with E-state index < -0.39 is 5.91 Å². The Labute approximate surface area is 209 Å². The van der Waals surface area contributed by atoms with E-state index in [9.17, 15) is 4.79 Å². The number of para-hydroxylation sites is 1. The highest BCUT2D eigenvalue weighted by Crippen LogP contribution is 2.27. The number of nitrogens with one attached hydrogen (secondary N) is 2. The number of fused-ring (bicyclic) bond motifs is 1. The molecule has 1 fully saturated rings. The number of carbonyl (C=O) groups is 1. The van der Waals surface area contributed by atoms with Gasteiger partial charge in [0.05, 0.1) is 13.7 Å². The van der Waals surface area contributed by atoms with E-state index in [0.29, 0.717) is 18.3 Å². The van der Waals surface area contributed by atoms with Gasteiger partial charge in [0.1, 0.15) is 17.1 Å². The van der Waals surface area contributed by atoms with Crippen molar-refractivity contribution in [3.63, 3.8) is 0 Å². The molecule has 0 bridgehead atoms. The van der Waals surface area contributed by atoms with Gasteiger partial charge >= 0.3 is 0 Å². The molecule has 0 radical (unpaired) electrons. The van der Waals surface area contributed by atoms with Crippen LogP contribution in [0.2, 0.25) is 0 Å². The number of benzene rings is 2. The summed E-state index contributed by atoms with van der Waals surface area (Å²) in [5.41, 5.74) is 15.1. The number of primary amides is 1. The number of hydrogen-bond donors (Lipinski definition) is 4. The zero-order valence-electron chi connectivity index (χ0n) is 20.3. The Morgan fingerprint density at radius 1 is 1.17 bits per heavy atom. The van der Waals surface area contributed by atoms with Crippen LogP contribution in [-0.4, -0.2) is 39.6 Å². The average molecular weight is 486 g/mol. The summed E-state index contributed by atoms with van der Waals surface area (Å²) < 4.78 is 7.67.